The SMILES string of the molecule is CNCc1cc2cc(Cl)ccc2cn1. The third kappa shape index (κ3) is 1.86. The number of rotatable bonds is 2. The van der Waals surface area contributed by atoms with Gasteiger partial charge in [0, 0.05) is 23.2 Å². The van der Waals surface area contributed by atoms with Crippen LogP contribution in [0.5, 0.6) is 0 Å². The van der Waals surface area contributed by atoms with Crippen molar-refractivity contribution in [2.45, 2.75) is 6.54 Å². The van der Waals surface area contributed by atoms with E-state index in [0.29, 0.717) is 0 Å². The van der Waals surface area contributed by atoms with Crippen LogP contribution in [0.25, 0.3) is 10.8 Å². The Morgan fingerprint density at radius 1 is 1.29 bits per heavy atom. The second-order valence-electron chi connectivity index (χ2n) is 3.20. The molecule has 1 heterocycles. The zero-order valence-corrected chi connectivity index (χ0v) is 8.67. The largest absolute Gasteiger partial charge is 0.314 e. The van der Waals surface area contributed by atoms with E-state index in [2.05, 4.69) is 16.4 Å². The van der Waals surface area contributed by atoms with E-state index in [-0.39, 0.29) is 0 Å². The van der Waals surface area contributed by atoms with Crippen molar-refractivity contribution in [3.05, 3.63) is 41.2 Å². The fraction of sp³-hybridized carbons (Fsp3) is 0.182. The van der Waals surface area contributed by atoms with E-state index >= 15 is 0 Å². The lowest BCUT2D eigenvalue weighted by atomic mass is 10.1. The van der Waals surface area contributed by atoms with Gasteiger partial charge >= 0.3 is 0 Å². The van der Waals surface area contributed by atoms with Gasteiger partial charge in [0.25, 0.3) is 0 Å². The minimum Gasteiger partial charge on any atom is -0.314 e. The molecule has 1 aromatic carbocycles. The first-order chi connectivity index (χ1) is 6.79. The molecule has 0 amide bonds. The maximum atomic E-state index is 5.91. The predicted octanol–water partition coefficient (Wildman–Crippen LogP) is 2.61. The predicted molar refractivity (Wildman–Crippen MR) is 59.5 cm³/mol. The summed E-state index contributed by atoms with van der Waals surface area (Å²) in [6, 6.07) is 7.87. The maximum absolute atomic E-state index is 5.91. The highest BCUT2D eigenvalue weighted by molar-refractivity contribution is 6.31. The molecule has 0 fully saturated rings. The zero-order valence-electron chi connectivity index (χ0n) is 7.92. The standard InChI is InChI=1S/C11H11ClN2/c1-13-7-11-5-9-4-10(12)3-2-8(9)6-14-11/h2-6,13H,7H2,1H3. The molecule has 72 valence electrons. The fourth-order valence-corrected chi connectivity index (χ4v) is 1.62. The summed E-state index contributed by atoms with van der Waals surface area (Å²) in [5.41, 5.74) is 1.03. The number of fused-ring (bicyclic) bond motifs is 1. The summed E-state index contributed by atoms with van der Waals surface area (Å²) < 4.78 is 0. The number of nitrogens with one attached hydrogen (secondary N) is 1. The lowest BCUT2D eigenvalue weighted by Crippen LogP contribution is -2.06. The number of halogens is 1. The number of nitrogens with zero attached hydrogens (tertiary/aromatic N) is 1. The van der Waals surface area contributed by atoms with Crippen molar-refractivity contribution >= 4 is 22.4 Å². The van der Waals surface area contributed by atoms with Crippen molar-refractivity contribution in [1.82, 2.24) is 10.3 Å². The molecular formula is C11H11ClN2. The maximum Gasteiger partial charge on any atom is 0.0547 e. The van der Waals surface area contributed by atoms with Crippen LogP contribution in [-0.4, -0.2) is 12.0 Å². The quantitative estimate of drug-likeness (QED) is 0.817. The summed E-state index contributed by atoms with van der Waals surface area (Å²) in [4.78, 5) is 4.32. The molecule has 0 saturated carbocycles. The second kappa shape index (κ2) is 3.95. The van der Waals surface area contributed by atoms with Gasteiger partial charge in [0.15, 0.2) is 0 Å². The first kappa shape index (κ1) is 9.44. The van der Waals surface area contributed by atoms with Crippen molar-refractivity contribution in [3.63, 3.8) is 0 Å². The van der Waals surface area contributed by atoms with Crippen LogP contribution in [-0.2, 0) is 6.54 Å². The van der Waals surface area contributed by atoms with Gasteiger partial charge in [0.1, 0.15) is 0 Å². The van der Waals surface area contributed by atoms with Crippen molar-refractivity contribution < 1.29 is 0 Å². The molecule has 0 radical (unpaired) electrons. The van der Waals surface area contributed by atoms with Crippen LogP contribution in [0.15, 0.2) is 30.5 Å². The Morgan fingerprint density at radius 3 is 2.93 bits per heavy atom. The third-order valence-corrected chi connectivity index (χ3v) is 2.33. The summed E-state index contributed by atoms with van der Waals surface area (Å²) in [6.45, 7) is 0.780. The first-order valence-electron chi connectivity index (χ1n) is 4.48. The molecule has 1 N–H and O–H groups in total. The molecule has 2 aromatic rings. The number of hydrogen-bond donors (Lipinski definition) is 1. The van der Waals surface area contributed by atoms with Gasteiger partial charge in [-0.15, -0.1) is 0 Å². The zero-order chi connectivity index (χ0) is 9.97. The molecule has 1 aromatic heterocycles. The van der Waals surface area contributed by atoms with Gasteiger partial charge < -0.3 is 5.32 Å². The smallest absolute Gasteiger partial charge is 0.0547 e. The van der Waals surface area contributed by atoms with Crippen LogP contribution in [0, 0.1) is 0 Å². The Balaban J connectivity index is 2.52. The van der Waals surface area contributed by atoms with Crippen LogP contribution in [0.4, 0.5) is 0 Å². The van der Waals surface area contributed by atoms with Crippen LogP contribution in [0.1, 0.15) is 5.69 Å². The van der Waals surface area contributed by atoms with Gasteiger partial charge in [0.05, 0.1) is 5.69 Å². The minimum atomic E-state index is 0.763. The van der Waals surface area contributed by atoms with Crippen molar-refractivity contribution in [3.8, 4) is 0 Å². The number of aromatic nitrogens is 1. The minimum absolute atomic E-state index is 0.763. The van der Waals surface area contributed by atoms with Gasteiger partial charge in [-0.05, 0) is 30.6 Å². The van der Waals surface area contributed by atoms with Crippen molar-refractivity contribution in [2.24, 2.45) is 0 Å². The number of pyridine rings is 1. The molecule has 0 spiro atoms. The molecule has 0 atom stereocenters. The number of benzene rings is 1. The Kier molecular flexibility index (Phi) is 2.66. The second-order valence-corrected chi connectivity index (χ2v) is 3.63. The third-order valence-electron chi connectivity index (χ3n) is 2.10. The normalized spacial score (nSPS) is 10.7. The van der Waals surface area contributed by atoms with Crippen molar-refractivity contribution in [2.75, 3.05) is 7.05 Å². The van der Waals surface area contributed by atoms with E-state index < -0.39 is 0 Å². The van der Waals surface area contributed by atoms with E-state index in [0.717, 1.165) is 28.0 Å². The fourth-order valence-electron chi connectivity index (χ4n) is 1.44. The summed E-state index contributed by atoms with van der Waals surface area (Å²) in [7, 11) is 1.91. The molecule has 0 aliphatic carbocycles. The Hall–Kier alpha value is -1.12. The van der Waals surface area contributed by atoms with Gasteiger partial charge in [-0.2, -0.15) is 0 Å². The van der Waals surface area contributed by atoms with Crippen LogP contribution in [0.3, 0.4) is 0 Å². The van der Waals surface area contributed by atoms with E-state index in [4.69, 9.17) is 11.6 Å². The summed E-state index contributed by atoms with van der Waals surface area (Å²) in [6.07, 6.45) is 1.87. The Morgan fingerprint density at radius 2 is 2.14 bits per heavy atom. The molecule has 0 bridgehead atoms. The molecule has 2 rings (SSSR count). The summed E-state index contributed by atoms with van der Waals surface area (Å²) >= 11 is 5.91. The molecular weight excluding hydrogens is 196 g/mol. The van der Waals surface area contributed by atoms with E-state index in [1.165, 1.54) is 0 Å². The Bertz CT molecular complexity index is 454. The molecule has 3 heteroatoms. The van der Waals surface area contributed by atoms with E-state index in [9.17, 15) is 0 Å². The average Bonchev–Trinajstić information content (AvgIpc) is 2.17. The van der Waals surface area contributed by atoms with E-state index in [1.807, 2.05) is 31.4 Å². The highest BCUT2D eigenvalue weighted by Gasteiger charge is 1.97. The van der Waals surface area contributed by atoms with Gasteiger partial charge in [0.2, 0.25) is 0 Å². The monoisotopic (exact) mass is 206 g/mol. The van der Waals surface area contributed by atoms with Crippen LogP contribution < -0.4 is 5.32 Å². The van der Waals surface area contributed by atoms with Crippen LogP contribution >= 0.6 is 11.6 Å². The summed E-state index contributed by atoms with van der Waals surface area (Å²) in [5.74, 6) is 0. The van der Waals surface area contributed by atoms with E-state index in [1.54, 1.807) is 0 Å². The van der Waals surface area contributed by atoms with Gasteiger partial charge in [-0.25, -0.2) is 0 Å². The summed E-state index contributed by atoms with van der Waals surface area (Å²) in [5, 5.41) is 6.09. The topological polar surface area (TPSA) is 24.9 Å². The highest BCUT2D eigenvalue weighted by Crippen LogP contribution is 2.19. The molecule has 0 aliphatic rings. The van der Waals surface area contributed by atoms with Crippen molar-refractivity contribution in [1.29, 1.82) is 0 Å². The highest BCUT2D eigenvalue weighted by atomic mass is 35.5. The van der Waals surface area contributed by atoms with Crippen LogP contribution in [0.2, 0.25) is 5.02 Å². The van der Waals surface area contributed by atoms with Gasteiger partial charge in [-0.1, -0.05) is 17.7 Å². The lowest BCUT2D eigenvalue weighted by Gasteiger charge is -2.02. The molecule has 0 saturated heterocycles. The number of hydrogen-bond acceptors (Lipinski definition) is 2. The Labute approximate surface area is 87.9 Å². The molecule has 0 unspecified atom stereocenters. The average molecular weight is 207 g/mol. The van der Waals surface area contributed by atoms with Gasteiger partial charge in [-0.3, -0.25) is 4.98 Å². The molecule has 14 heavy (non-hydrogen) atoms. The lowest BCUT2D eigenvalue weighted by molar-refractivity contribution is 0.793. The molecule has 0 aliphatic heterocycles. The first-order valence-corrected chi connectivity index (χ1v) is 4.86. The molecule has 2 nitrogen and oxygen atoms in total.